The summed E-state index contributed by atoms with van der Waals surface area (Å²) in [5.41, 5.74) is 7.92. The van der Waals surface area contributed by atoms with E-state index >= 15 is 0 Å². The summed E-state index contributed by atoms with van der Waals surface area (Å²) < 4.78 is 12.9. The second-order valence-corrected chi connectivity index (χ2v) is 16.4. The second-order valence-electron chi connectivity index (χ2n) is 7.26. The molecule has 0 unspecified atom stereocenters. The number of aryl methyl sites for hydroxylation is 2. The molecule has 0 amide bonds. The third-order valence-electron chi connectivity index (χ3n) is 5.17. The van der Waals surface area contributed by atoms with E-state index in [2.05, 4.69) is 75.7 Å². The first kappa shape index (κ1) is 20.2. The first-order valence-corrected chi connectivity index (χ1v) is 17.3. The summed E-state index contributed by atoms with van der Waals surface area (Å²) in [6, 6.07) is 8.60. The Morgan fingerprint density at radius 1 is 0.640 bits per heavy atom. The summed E-state index contributed by atoms with van der Waals surface area (Å²) in [5.74, 6) is 1.96. The third kappa shape index (κ3) is 4.52. The van der Waals surface area contributed by atoms with Crippen LogP contribution >= 0.6 is 0 Å². The van der Waals surface area contributed by atoms with Crippen molar-refractivity contribution < 1.29 is 6.15 Å². The van der Waals surface area contributed by atoms with Gasteiger partial charge in [-0.15, -0.1) is 0 Å². The molecule has 0 bridgehead atoms. The van der Waals surface area contributed by atoms with E-state index in [1.807, 2.05) is 0 Å². The van der Waals surface area contributed by atoms with Crippen LogP contribution in [-0.2, 0) is 12.8 Å². The zero-order valence-corrected chi connectivity index (χ0v) is 19.9. The van der Waals surface area contributed by atoms with E-state index in [0.717, 1.165) is 24.3 Å². The van der Waals surface area contributed by atoms with Crippen molar-refractivity contribution in [3.63, 3.8) is 0 Å². The molecule has 3 heteroatoms. The molecule has 0 aliphatic carbocycles. The summed E-state index contributed by atoms with van der Waals surface area (Å²) in [4.78, 5) is 4.36. The van der Waals surface area contributed by atoms with E-state index in [1.54, 1.807) is 0 Å². The Labute approximate surface area is 158 Å². The van der Waals surface area contributed by atoms with Crippen molar-refractivity contribution in [1.29, 1.82) is 0 Å². The first-order valence-electron chi connectivity index (χ1n) is 9.26. The first-order chi connectivity index (χ1) is 11.7. The molecule has 0 radical (unpaired) electrons. The zero-order chi connectivity index (χ0) is 18.8. The van der Waals surface area contributed by atoms with Gasteiger partial charge in [0.25, 0.3) is 0 Å². The molecule has 0 N–H and O–H groups in total. The molecular weight excluding hydrogens is 415 g/mol. The van der Waals surface area contributed by atoms with Gasteiger partial charge in [-0.2, -0.15) is 0 Å². The molecule has 0 aliphatic heterocycles. The van der Waals surface area contributed by atoms with Crippen LogP contribution in [0.4, 0.5) is 0 Å². The van der Waals surface area contributed by atoms with Crippen molar-refractivity contribution in [2.75, 3.05) is 0 Å². The molecule has 0 heterocycles. The Balaban J connectivity index is 2.26. The maximum absolute atomic E-state index is 6.46. The number of rotatable bonds is 6. The minimum absolute atomic E-state index is 0.982. The Bertz CT molecular complexity index is 700. The van der Waals surface area contributed by atoms with Crippen molar-refractivity contribution in [1.82, 2.24) is 0 Å². The van der Waals surface area contributed by atoms with Gasteiger partial charge in [0, 0.05) is 0 Å². The predicted octanol–water partition coefficient (Wildman–Crippen LogP) is 6.20. The molecule has 0 spiro atoms. The van der Waals surface area contributed by atoms with Crippen LogP contribution in [0.3, 0.4) is 0 Å². The molecule has 0 aliphatic rings. The van der Waals surface area contributed by atoms with Gasteiger partial charge in [-0.25, -0.2) is 0 Å². The van der Waals surface area contributed by atoms with Crippen LogP contribution < -0.4 is 6.15 Å². The van der Waals surface area contributed by atoms with Crippen LogP contribution in [0.1, 0.15) is 47.2 Å². The Morgan fingerprint density at radius 3 is 1.32 bits per heavy atom. The average molecular weight is 447 g/mol. The van der Waals surface area contributed by atoms with Crippen molar-refractivity contribution in [2.24, 2.45) is 0 Å². The fourth-order valence-electron chi connectivity index (χ4n) is 3.24. The molecular formula is C22H32O2Sn. The Hall–Kier alpha value is -1.16. The van der Waals surface area contributed by atoms with E-state index in [-0.39, 0.29) is 0 Å². The SMILES string of the molecule is CCc1ccc([O][Sn]([CH3])([CH3])[O]c2ccc(CC)c(C)c2C)c(C)c1C. The molecule has 2 rings (SSSR count). The normalized spacial score (nSPS) is 11.5. The van der Waals surface area contributed by atoms with E-state index in [9.17, 15) is 0 Å². The predicted molar refractivity (Wildman–Crippen MR) is 109 cm³/mol. The minimum atomic E-state index is -3.17. The van der Waals surface area contributed by atoms with Crippen LogP contribution in [0.2, 0.25) is 9.88 Å². The van der Waals surface area contributed by atoms with Gasteiger partial charge < -0.3 is 0 Å². The zero-order valence-electron chi connectivity index (χ0n) is 17.0. The molecule has 25 heavy (non-hydrogen) atoms. The van der Waals surface area contributed by atoms with E-state index in [1.165, 1.54) is 33.4 Å². The standard InChI is InChI=1S/2C10H14O.2CH3.Sn/c2*1-4-9-5-6-10(11)8(3)7(9)2;;;/h2*5-6,11H,4H2,1-3H3;2*1H3;/q;;;;+2/p-2. The van der Waals surface area contributed by atoms with Crippen molar-refractivity contribution in [3.05, 3.63) is 57.6 Å². The van der Waals surface area contributed by atoms with E-state index in [0.29, 0.717) is 0 Å². The Kier molecular flexibility index (Phi) is 6.47. The Morgan fingerprint density at radius 2 is 1.00 bits per heavy atom. The van der Waals surface area contributed by atoms with Crippen molar-refractivity contribution in [2.45, 2.75) is 64.3 Å². The van der Waals surface area contributed by atoms with Crippen molar-refractivity contribution >= 4 is 19.2 Å². The van der Waals surface area contributed by atoms with Crippen LogP contribution in [0.5, 0.6) is 11.5 Å². The second kappa shape index (κ2) is 8.03. The van der Waals surface area contributed by atoms with Crippen molar-refractivity contribution in [3.8, 4) is 11.5 Å². The molecule has 0 atom stereocenters. The summed E-state index contributed by atoms with van der Waals surface area (Å²) in [6.07, 6.45) is 2.11. The van der Waals surface area contributed by atoms with Crippen LogP contribution in [0.15, 0.2) is 24.3 Å². The molecule has 2 nitrogen and oxygen atoms in total. The van der Waals surface area contributed by atoms with Gasteiger partial charge in [-0.05, 0) is 0 Å². The molecule has 0 saturated heterocycles. The van der Waals surface area contributed by atoms with Crippen LogP contribution in [0.25, 0.3) is 0 Å². The summed E-state index contributed by atoms with van der Waals surface area (Å²) in [7, 11) is 0. The van der Waals surface area contributed by atoms with Gasteiger partial charge >= 0.3 is 159 Å². The van der Waals surface area contributed by atoms with Crippen LogP contribution in [-0.4, -0.2) is 19.2 Å². The van der Waals surface area contributed by atoms with Gasteiger partial charge in [-0.1, -0.05) is 0 Å². The third-order valence-corrected chi connectivity index (χ3v) is 9.23. The maximum atomic E-state index is 6.46. The summed E-state index contributed by atoms with van der Waals surface area (Å²) >= 11 is -3.17. The van der Waals surface area contributed by atoms with Gasteiger partial charge in [-0.3, -0.25) is 0 Å². The number of benzene rings is 2. The fourth-order valence-corrected chi connectivity index (χ4v) is 7.65. The molecule has 2 aromatic rings. The average Bonchev–Trinajstić information content (AvgIpc) is 2.56. The quantitative estimate of drug-likeness (QED) is 0.491. The van der Waals surface area contributed by atoms with Gasteiger partial charge in [0.15, 0.2) is 0 Å². The molecule has 0 saturated carbocycles. The van der Waals surface area contributed by atoms with Gasteiger partial charge in [0.2, 0.25) is 0 Å². The van der Waals surface area contributed by atoms with E-state index < -0.39 is 19.2 Å². The number of hydrogen-bond acceptors (Lipinski definition) is 2. The van der Waals surface area contributed by atoms with Gasteiger partial charge in [0.1, 0.15) is 0 Å². The van der Waals surface area contributed by atoms with E-state index in [4.69, 9.17) is 6.15 Å². The molecule has 0 aromatic heterocycles. The fraction of sp³-hybridized carbons (Fsp3) is 0.455. The molecule has 136 valence electrons. The van der Waals surface area contributed by atoms with Gasteiger partial charge in [0.05, 0.1) is 0 Å². The molecule has 0 fully saturated rings. The number of hydrogen-bond donors (Lipinski definition) is 0. The van der Waals surface area contributed by atoms with Crippen LogP contribution in [0, 0.1) is 27.7 Å². The monoisotopic (exact) mass is 448 g/mol. The molecule has 2 aromatic carbocycles. The summed E-state index contributed by atoms with van der Waals surface area (Å²) in [5, 5.41) is 0. The summed E-state index contributed by atoms with van der Waals surface area (Å²) in [6.45, 7) is 13.1. The topological polar surface area (TPSA) is 18.5 Å².